The van der Waals surface area contributed by atoms with E-state index in [1.807, 2.05) is 10.6 Å². The summed E-state index contributed by atoms with van der Waals surface area (Å²) in [4.78, 5) is 33.9. The molecular weight excluding hydrogens is 369 g/mol. The van der Waals surface area contributed by atoms with E-state index in [1.54, 1.807) is 0 Å². The Labute approximate surface area is 146 Å². The fraction of sp³-hybridized carbons (Fsp3) is 0.357. The van der Waals surface area contributed by atoms with E-state index in [9.17, 15) is 23.2 Å². The molecule has 0 spiro atoms. The van der Waals surface area contributed by atoms with Crippen LogP contribution in [-0.2, 0) is 19.1 Å². The van der Waals surface area contributed by atoms with Gasteiger partial charge < -0.3 is 15.4 Å². The summed E-state index contributed by atoms with van der Waals surface area (Å²) in [5.74, 6) is -8.45. The van der Waals surface area contributed by atoms with Gasteiger partial charge in [-0.3, -0.25) is 14.4 Å². The SMILES string of the molecule is COC(=O)CCCNC(=O)C(F)(F)C(=O)Nc1cc(Cl)cc(Cl)c1. The highest BCUT2D eigenvalue weighted by atomic mass is 35.5. The zero-order valence-electron chi connectivity index (χ0n) is 12.5. The number of halogens is 4. The topological polar surface area (TPSA) is 84.5 Å². The highest BCUT2D eigenvalue weighted by molar-refractivity contribution is 6.35. The molecule has 0 unspecified atom stereocenters. The first-order valence-electron chi connectivity index (χ1n) is 6.67. The maximum absolute atomic E-state index is 13.8. The van der Waals surface area contributed by atoms with E-state index < -0.39 is 23.7 Å². The minimum atomic E-state index is -4.31. The Bertz CT molecular complexity index is 621. The van der Waals surface area contributed by atoms with Crippen LogP contribution in [0.1, 0.15) is 12.8 Å². The molecule has 1 aromatic carbocycles. The second kappa shape index (κ2) is 8.79. The third-order valence-corrected chi connectivity index (χ3v) is 3.20. The quantitative estimate of drug-likeness (QED) is 0.431. The van der Waals surface area contributed by atoms with E-state index in [1.165, 1.54) is 25.3 Å². The van der Waals surface area contributed by atoms with Crippen molar-refractivity contribution in [3.8, 4) is 0 Å². The van der Waals surface area contributed by atoms with Gasteiger partial charge in [-0.05, 0) is 24.6 Å². The Balaban J connectivity index is 2.60. The van der Waals surface area contributed by atoms with E-state index in [2.05, 4.69) is 4.74 Å². The Kier molecular flexibility index (Phi) is 7.37. The Morgan fingerprint density at radius 3 is 2.25 bits per heavy atom. The van der Waals surface area contributed by atoms with Crippen molar-refractivity contribution < 1.29 is 27.9 Å². The molecule has 2 amide bonds. The van der Waals surface area contributed by atoms with Crippen LogP contribution in [0.15, 0.2) is 18.2 Å². The Morgan fingerprint density at radius 1 is 1.12 bits per heavy atom. The van der Waals surface area contributed by atoms with Gasteiger partial charge in [0.15, 0.2) is 0 Å². The van der Waals surface area contributed by atoms with Crippen molar-refractivity contribution in [3.63, 3.8) is 0 Å². The molecule has 0 heterocycles. The van der Waals surface area contributed by atoms with Gasteiger partial charge in [0.2, 0.25) is 0 Å². The van der Waals surface area contributed by atoms with Gasteiger partial charge in [-0.2, -0.15) is 8.78 Å². The van der Waals surface area contributed by atoms with Crippen molar-refractivity contribution in [1.29, 1.82) is 0 Å². The lowest BCUT2D eigenvalue weighted by molar-refractivity contribution is -0.156. The van der Waals surface area contributed by atoms with Crippen molar-refractivity contribution in [2.45, 2.75) is 18.8 Å². The number of amides is 2. The van der Waals surface area contributed by atoms with Crippen molar-refractivity contribution >= 4 is 46.7 Å². The molecule has 6 nitrogen and oxygen atoms in total. The van der Waals surface area contributed by atoms with Crippen LogP contribution < -0.4 is 10.6 Å². The summed E-state index contributed by atoms with van der Waals surface area (Å²) in [6.07, 6.45) is 0.0512. The average molecular weight is 383 g/mol. The molecule has 10 heteroatoms. The van der Waals surface area contributed by atoms with Gasteiger partial charge >= 0.3 is 23.7 Å². The van der Waals surface area contributed by atoms with Gasteiger partial charge in [-0.25, -0.2) is 0 Å². The molecule has 0 aromatic heterocycles. The summed E-state index contributed by atoms with van der Waals surface area (Å²) >= 11 is 11.4. The molecule has 0 bridgehead atoms. The third-order valence-electron chi connectivity index (χ3n) is 2.76. The molecule has 0 atom stereocenters. The van der Waals surface area contributed by atoms with Crippen molar-refractivity contribution in [2.75, 3.05) is 19.0 Å². The van der Waals surface area contributed by atoms with Gasteiger partial charge in [0.05, 0.1) is 7.11 Å². The number of methoxy groups -OCH3 is 1. The molecule has 0 saturated carbocycles. The lowest BCUT2D eigenvalue weighted by Crippen LogP contribution is -2.48. The number of nitrogens with one attached hydrogen (secondary N) is 2. The molecule has 1 rings (SSSR count). The van der Waals surface area contributed by atoms with Crippen LogP contribution in [0.3, 0.4) is 0 Å². The average Bonchev–Trinajstić information content (AvgIpc) is 2.49. The number of esters is 1. The van der Waals surface area contributed by atoms with Crippen LogP contribution in [0.25, 0.3) is 0 Å². The monoisotopic (exact) mass is 382 g/mol. The third kappa shape index (κ3) is 5.93. The summed E-state index contributed by atoms with van der Waals surface area (Å²) < 4.78 is 31.9. The number of carbonyl (C=O) groups is 3. The van der Waals surface area contributed by atoms with E-state index in [0.717, 1.165) is 0 Å². The summed E-state index contributed by atoms with van der Waals surface area (Å²) in [6, 6.07) is 3.76. The standard InChI is InChI=1S/C14H14Cl2F2N2O4/c1-24-11(21)3-2-4-19-12(22)14(17,18)13(23)20-10-6-8(15)5-9(16)7-10/h5-7H,2-4H2,1H3,(H,19,22)(H,20,23). The Hall–Kier alpha value is -1.93. The number of rotatable bonds is 7. The summed E-state index contributed by atoms with van der Waals surface area (Å²) in [5.41, 5.74) is -0.0735. The first-order chi connectivity index (χ1) is 11.2. The van der Waals surface area contributed by atoms with Gasteiger partial charge in [-0.1, -0.05) is 23.2 Å². The maximum atomic E-state index is 13.8. The number of hydrogen-bond acceptors (Lipinski definition) is 4. The zero-order chi connectivity index (χ0) is 18.3. The van der Waals surface area contributed by atoms with Crippen LogP contribution >= 0.6 is 23.2 Å². The van der Waals surface area contributed by atoms with Gasteiger partial charge in [-0.15, -0.1) is 0 Å². The molecule has 0 saturated heterocycles. The largest absolute Gasteiger partial charge is 0.469 e. The van der Waals surface area contributed by atoms with E-state index in [-0.39, 0.29) is 35.1 Å². The van der Waals surface area contributed by atoms with E-state index in [0.29, 0.717) is 0 Å². The first kappa shape index (κ1) is 20.1. The zero-order valence-corrected chi connectivity index (χ0v) is 14.0. The molecule has 24 heavy (non-hydrogen) atoms. The minimum Gasteiger partial charge on any atom is -0.469 e. The molecule has 132 valence electrons. The molecular formula is C14H14Cl2F2N2O4. The molecule has 0 fully saturated rings. The van der Waals surface area contributed by atoms with Gasteiger partial charge in [0, 0.05) is 28.7 Å². The number of anilines is 1. The van der Waals surface area contributed by atoms with Crippen LogP contribution in [0.4, 0.5) is 14.5 Å². The van der Waals surface area contributed by atoms with E-state index >= 15 is 0 Å². The van der Waals surface area contributed by atoms with Crippen LogP contribution in [0, 0.1) is 0 Å². The van der Waals surface area contributed by atoms with Crippen molar-refractivity contribution in [1.82, 2.24) is 5.32 Å². The van der Waals surface area contributed by atoms with Crippen LogP contribution in [-0.4, -0.2) is 37.4 Å². The lowest BCUT2D eigenvalue weighted by atomic mass is 10.2. The smallest absolute Gasteiger partial charge is 0.400 e. The van der Waals surface area contributed by atoms with Gasteiger partial charge in [0.1, 0.15) is 0 Å². The molecule has 0 aliphatic rings. The fourth-order valence-electron chi connectivity index (χ4n) is 1.59. The highest BCUT2D eigenvalue weighted by Crippen LogP contribution is 2.24. The maximum Gasteiger partial charge on any atom is 0.400 e. The van der Waals surface area contributed by atoms with Crippen molar-refractivity contribution in [2.24, 2.45) is 0 Å². The van der Waals surface area contributed by atoms with Crippen molar-refractivity contribution in [3.05, 3.63) is 28.2 Å². The summed E-state index contributed by atoms with van der Waals surface area (Å²) in [6.45, 7) is -0.209. The predicted octanol–water partition coefficient (Wildman–Crippen LogP) is 2.64. The fourth-order valence-corrected chi connectivity index (χ4v) is 2.11. The molecule has 1 aromatic rings. The minimum absolute atomic E-state index is 0.0461. The second-order valence-electron chi connectivity index (χ2n) is 4.62. The molecule has 0 radical (unpaired) electrons. The number of alkyl halides is 2. The van der Waals surface area contributed by atoms with Gasteiger partial charge in [0.25, 0.3) is 0 Å². The highest BCUT2D eigenvalue weighted by Gasteiger charge is 2.47. The normalized spacial score (nSPS) is 10.9. The number of ether oxygens (including phenoxy) is 1. The molecule has 0 aliphatic carbocycles. The number of hydrogen-bond donors (Lipinski definition) is 2. The van der Waals surface area contributed by atoms with Crippen LogP contribution in [0.2, 0.25) is 10.0 Å². The number of carbonyl (C=O) groups excluding carboxylic acids is 3. The van der Waals surface area contributed by atoms with E-state index in [4.69, 9.17) is 23.2 Å². The second-order valence-corrected chi connectivity index (χ2v) is 5.50. The summed E-state index contributed by atoms with van der Waals surface area (Å²) in [5, 5.41) is 4.02. The molecule has 2 N–H and O–H groups in total. The van der Waals surface area contributed by atoms with Crippen LogP contribution in [0.5, 0.6) is 0 Å². The number of benzene rings is 1. The lowest BCUT2D eigenvalue weighted by Gasteiger charge is -2.16. The first-order valence-corrected chi connectivity index (χ1v) is 7.43. The predicted molar refractivity (Wildman–Crippen MR) is 84.3 cm³/mol. The molecule has 0 aliphatic heterocycles. The Morgan fingerprint density at radius 2 is 1.71 bits per heavy atom. The summed E-state index contributed by atoms with van der Waals surface area (Å²) in [7, 11) is 1.18.